The first-order valence-electron chi connectivity index (χ1n) is 6.61. The lowest BCUT2D eigenvalue weighted by Gasteiger charge is -2.22. The molecule has 1 rings (SSSR count). The summed E-state index contributed by atoms with van der Waals surface area (Å²) in [7, 11) is 1.71. The van der Waals surface area contributed by atoms with Gasteiger partial charge in [-0.2, -0.15) is 0 Å². The van der Waals surface area contributed by atoms with E-state index >= 15 is 0 Å². The highest BCUT2D eigenvalue weighted by atomic mass is 16.5. The molecule has 1 aromatic rings. The van der Waals surface area contributed by atoms with Gasteiger partial charge in [0.2, 0.25) is 0 Å². The second kappa shape index (κ2) is 7.33. The van der Waals surface area contributed by atoms with Crippen molar-refractivity contribution in [2.45, 2.75) is 52.1 Å². The van der Waals surface area contributed by atoms with Gasteiger partial charge in [0.15, 0.2) is 0 Å². The Morgan fingerprint density at radius 2 is 2.06 bits per heavy atom. The number of hydrogen-bond donors (Lipinski definition) is 1. The van der Waals surface area contributed by atoms with Gasteiger partial charge >= 0.3 is 0 Å². The number of ether oxygens (including phenoxy) is 1. The van der Waals surface area contributed by atoms with Crippen LogP contribution in [-0.2, 0) is 0 Å². The third-order valence-electron chi connectivity index (χ3n) is 3.21. The smallest absolute Gasteiger partial charge is 0.119 e. The number of benzene rings is 1. The van der Waals surface area contributed by atoms with Crippen LogP contribution in [0, 0.1) is 0 Å². The monoisotopic (exact) mass is 235 g/mol. The molecule has 1 N–H and O–H groups in total. The molecule has 0 aliphatic carbocycles. The summed E-state index contributed by atoms with van der Waals surface area (Å²) in [5, 5.41) is 3.68. The highest BCUT2D eigenvalue weighted by molar-refractivity contribution is 5.30. The van der Waals surface area contributed by atoms with E-state index in [1.54, 1.807) is 7.11 Å². The van der Waals surface area contributed by atoms with Crippen molar-refractivity contribution in [3.05, 3.63) is 29.8 Å². The Bertz CT molecular complexity index is 324. The Labute approximate surface area is 105 Å². The van der Waals surface area contributed by atoms with Crippen LogP contribution in [0.2, 0.25) is 0 Å². The molecule has 0 amide bonds. The Morgan fingerprint density at radius 1 is 1.29 bits per heavy atom. The molecule has 2 nitrogen and oxygen atoms in total. The molecular weight excluding hydrogens is 210 g/mol. The van der Waals surface area contributed by atoms with Gasteiger partial charge in [-0.15, -0.1) is 0 Å². The van der Waals surface area contributed by atoms with Gasteiger partial charge in [0.05, 0.1) is 7.11 Å². The van der Waals surface area contributed by atoms with Crippen molar-refractivity contribution >= 4 is 0 Å². The minimum Gasteiger partial charge on any atom is -0.497 e. The molecule has 0 radical (unpaired) electrons. The third kappa shape index (κ3) is 4.39. The molecule has 0 saturated carbocycles. The Balaban J connectivity index is 2.64. The summed E-state index contributed by atoms with van der Waals surface area (Å²) in [6.07, 6.45) is 3.66. The summed E-state index contributed by atoms with van der Waals surface area (Å²) in [6, 6.07) is 9.28. The molecule has 0 aliphatic heterocycles. The van der Waals surface area contributed by atoms with Gasteiger partial charge in [-0.1, -0.05) is 32.4 Å². The molecule has 0 aliphatic rings. The molecule has 1 unspecified atom stereocenters. The molecule has 17 heavy (non-hydrogen) atoms. The largest absolute Gasteiger partial charge is 0.497 e. The molecule has 0 fully saturated rings. The molecule has 1 aromatic carbocycles. The van der Waals surface area contributed by atoms with Crippen molar-refractivity contribution in [2.75, 3.05) is 7.11 Å². The Hall–Kier alpha value is -1.02. The van der Waals surface area contributed by atoms with Gasteiger partial charge in [-0.05, 0) is 37.5 Å². The molecule has 96 valence electrons. The van der Waals surface area contributed by atoms with Crippen molar-refractivity contribution in [1.29, 1.82) is 0 Å². The third-order valence-corrected chi connectivity index (χ3v) is 3.21. The summed E-state index contributed by atoms with van der Waals surface area (Å²) in [6.45, 7) is 6.69. The number of nitrogens with one attached hydrogen (secondary N) is 1. The fourth-order valence-corrected chi connectivity index (χ4v) is 2.11. The SMILES string of the molecule is CCCC(CC)N[C@@H](C)c1cccc(OC)c1. The maximum Gasteiger partial charge on any atom is 0.119 e. The van der Waals surface area contributed by atoms with Crippen LogP contribution in [0.5, 0.6) is 5.75 Å². The second-order valence-corrected chi connectivity index (χ2v) is 4.56. The zero-order valence-electron chi connectivity index (χ0n) is 11.5. The first kappa shape index (κ1) is 14.0. The average molecular weight is 235 g/mol. The van der Waals surface area contributed by atoms with Crippen molar-refractivity contribution < 1.29 is 4.74 Å². The molecule has 0 bridgehead atoms. The highest BCUT2D eigenvalue weighted by Crippen LogP contribution is 2.20. The summed E-state index contributed by atoms with van der Waals surface area (Å²) in [5.74, 6) is 0.930. The maximum atomic E-state index is 5.26. The van der Waals surface area contributed by atoms with Crippen LogP contribution in [0.1, 0.15) is 51.6 Å². The van der Waals surface area contributed by atoms with Crippen molar-refractivity contribution in [1.82, 2.24) is 5.32 Å². The quantitative estimate of drug-likeness (QED) is 0.773. The van der Waals surface area contributed by atoms with E-state index in [4.69, 9.17) is 4.74 Å². The van der Waals surface area contributed by atoms with E-state index in [1.807, 2.05) is 12.1 Å². The number of rotatable bonds is 7. The van der Waals surface area contributed by atoms with Crippen LogP contribution >= 0.6 is 0 Å². The fourth-order valence-electron chi connectivity index (χ4n) is 2.11. The van der Waals surface area contributed by atoms with E-state index < -0.39 is 0 Å². The van der Waals surface area contributed by atoms with Crippen LogP contribution in [0.3, 0.4) is 0 Å². The topological polar surface area (TPSA) is 21.3 Å². The molecule has 0 heterocycles. The first-order valence-corrected chi connectivity index (χ1v) is 6.61. The minimum absolute atomic E-state index is 0.376. The molecule has 0 aromatic heterocycles. The van der Waals surface area contributed by atoms with Crippen molar-refractivity contribution in [3.63, 3.8) is 0 Å². The molecule has 2 atom stereocenters. The summed E-state index contributed by atoms with van der Waals surface area (Å²) in [4.78, 5) is 0. The fraction of sp³-hybridized carbons (Fsp3) is 0.600. The maximum absolute atomic E-state index is 5.26. The van der Waals surface area contributed by atoms with E-state index in [0.29, 0.717) is 12.1 Å². The standard InChI is InChI=1S/C15H25NO/c1-5-8-14(6-2)16-12(3)13-9-7-10-15(11-13)17-4/h7,9-12,14,16H,5-6,8H2,1-4H3/t12-,14?/m0/s1. The predicted molar refractivity (Wildman–Crippen MR) is 73.5 cm³/mol. The van der Waals surface area contributed by atoms with Crippen LogP contribution in [0.25, 0.3) is 0 Å². The van der Waals surface area contributed by atoms with Gasteiger partial charge < -0.3 is 10.1 Å². The number of methoxy groups -OCH3 is 1. The molecule has 0 spiro atoms. The second-order valence-electron chi connectivity index (χ2n) is 4.56. The normalized spacial score (nSPS) is 14.4. The zero-order chi connectivity index (χ0) is 12.7. The summed E-state index contributed by atoms with van der Waals surface area (Å²) >= 11 is 0. The Morgan fingerprint density at radius 3 is 2.65 bits per heavy atom. The predicted octanol–water partition coefficient (Wildman–Crippen LogP) is 3.92. The van der Waals surface area contributed by atoms with E-state index in [9.17, 15) is 0 Å². The van der Waals surface area contributed by atoms with Crippen molar-refractivity contribution in [2.24, 2.45) is 0 Å². The molecule has 0 saturated heterocycles. The van der Waals surface area contributed by atoms with Gasteiger partial charge in [-0.3, -0.25) is 0 Å². The van der Waals surface area contributed by atoms with E-state index in [0.717, 1.165) is 5.75 Å². The highest BCUT2D eigenvalue weighted by Gasteiger charge is 2.11. The summed E-state index contributed by atoms with van der Waals surface area (Å²) < 4.78 is 5.26. The Kier molecular flexibility index (Phi) is 6.06. The van der Waals surface area contributed by atoms with E-state index in [-0.39, 0.29) is 0 Å². The van der Waals surface area contributed by atoms with Gasteiger partial charge in [-0.25, -0.2) is 0 Å². The van der Waals surface area contributed by atoms with Crippen LogP contribution in [0.15, 0.2) is 24.3 Å². The van der Waals surface area contributed by atoms with E-state index in [2.05, 4.69) is 38.2 Å². The van der Waals surface area contributed by atoms with Gasteiger partial charge in [0, 0.05) is 12.1 Å². The molecule has 2 heteroatoms. The van der Waals surface area contributed by atoms with Gasteiger partial charge in [0.1, 0.15) is 5.75 Å². The number of hydrogen-bond acceptors (Lipinski definition) is 2. The summed E-state index contributed by atoms with van der Waals surface area (Å²) in [5.41, 5.74) is 1.29. The average Bonchev–Trinajstić information content (AvgIpc) is 2.38. The molecular formula is C15H25NO. The zero-order valence-corrected chi connectivity index (χ0v) is 11.5. The first-order chi connectivity index (χ1) is 8.21. The van der Waals surface area contributed by atoms with E-state index in [1.165, 1.54) is 24.8 Å². The van der Waals surface area contributed by atoms with Crippen molar-refractivity contribution in [3.8, 4) is 5.75 Å². The van der Waals surface area contributed by atoms with Crippen LogP contribution in [-0.4, -0.2) is 13.2 Å². The minimum atomic E-state index is 0.376. The lowest BCUT2D eigenvalue weighted by atomic mass is 10.0. The lowest BCUT2D eigenvalue weighted by molar-refractivity contribution is 0.405. The van der Waals surface area contributed by atoms with Crippen LogP contribution in [0.4, 0.5) is 0 Å². The lowest BCUT2D eigenvalue weighted by Crippen LogP contribution is -2.30. The van der Waals surface area contributed by atoms with Gasteiger partial charge in [0.25, 0.3) is 0 Å². The van der Waals surface area contributed by atoms with Crippen LogP contribution < -0.4 is 10.1 Å².